The molecule has 0 spiro atoms. The highest BCUT2D eigenvalue weighted by molar-refractivity contribution is 5.36. The van der Waals surface area contributed by atoms with Crippen molar-refractivity contribution in [3.63, 3.8) is 0 Å². The zero-order valence-electron chi connectivity index (χ0n) is 10.6. The lowest BCUT2D eigenvalue weighted by molar-refractivity contribution is 0.179. The van der Waals surface area contributed by atoms with Gasteiger partial charge < -0.3 is 20.9 Å². The van der Waals surface area contributed by atoms with Gasteiger partial charge >= 0.3 is 0 Å². The van der Waals surface area contributed by atoms with Crippen LogP contribution in [0, 0.1) is 6.92 Å². The molecule has 1 aromatic carbocycles. The molecule has 17 heavy (non-hydrogen) atoms. The van der Waals surface area contributed by atoms with Gasteiger partial charge in [-0.1, -0.05) is 12.1 Å². The Kier molecular flexibility index (Phi) is 5.97. The van der Waals surface area contributed by atoms with Crippen LogP contribution in [-0.2, 0) is 6.54 Å². The van der Waals surface area contributed by atoms with E-state index in [0.717, 1.165) is 17.9 Å². The van der Waals surface area contributed by atoms with Gasteiger partial charge in [-0.05, 0) is 31.0 Å². The fourth-order valence-corrected chi connectivity index (χ4v) is 1.61. The van der Waals surface area contributed by atoms with Gasteiger partial charge in [0.2, 0.25) is 0 Å². The summed E-state index contributed by atoms with van der Waals surface area (Å²) in [5.41, 5.74) is 7.63. The van der Waals surface area contributed by atoms with Gasteiger partial charge in [-0.25, -0.2) is 0 Å². The van der Waals surface area contributed by atoms with Crippen LogP contribution in [0.5, 0.6) is 5.75 Å². The zero-order chi connectivity index (χ0) is 12.7. The Hall–Kier alpha value is -1.10. The number of aliphatic hydroxyl groups is 1. The minimum absolute atomic E-state index is 0.287. The number of nitrogens with one attached hydrogen (secondary N) is 1. The topological polar surface area (TPSA) is 67.5 Å². The highest BCUT2D eigenvalue weighted by atomic mass is 16.5. The second kappa shape index (κ2) is 7.27. The lowest BCUT2D eigenvalue weighted by Crippen LogP contribution is -2.32. The summed E-state index contributed by atoms with van der Waals surface area (Å²) >= 11 is 0. The second-order valence-corrected chi connectivity index (χ2v) is 4.05. The van der Waals surface area contributed by atoms with Gasteiger partial charge in [-0.3, -0.25) is 0 Å². The smallest absolute Gasteiger partial charge is 0.122 e. The molecule has 0 aromatic heterocycles. The molecule has 0 aliphatic carbocycles. The molecule has 4 nitrogen and oxygen atoms in total. The summed E-state index contributed by atoms with van der Waals surface area (Å²) in [6.07, 6.45) is -0.473. The fraction of sp³-hybridized carbons (Fsp3) is 0.538. The predicted molar refractivity (Wildman–Crippen MR) is 69.1 cm³/mol. The van der Waals surface area contributed by atoms with Gasteiger partial charge in [0, 0.05) is 19.6 Å². The van der Waals surface area contributed by atoms with E-state index in [2.05, 4.69) is 11.4 Å². The molecule has 1 rings (SSSR count). The second-order valence-electron chi connectivity index (χ2n) is 4.05. The van der Waals surface area contributed by atoms with Crippen LogP contribution in [0.25, 0.3) is 0 Å². The van der Waals surface area contributed by atoms with Crippen molar-refractivity contribution in [2.75, 3.05) is 19.7 Å². The van der Waals surface area contributed by atoms with E-state index in [4.69, 9.17) is 10.5 Å². The number of aliphatic hydroxyl groups excluding tert-OH is 1. The highest BCUT2D eigenvalue weighted by Crippen LogP contribution is 2.18. The molecule has 4 N–H and O–H groups in total. The van der Waals surface area contributed by atoms with Crippen LogP contribution >= 0.6 is 0 Å². The van der Waals surface area contributed by atoms with Crippen LogP contribution in [0.4, 0.5) is 0 Å². The number of nitrogens with two attached hydrogens (primary N) is 1. The lowest BCUT2D eigenvalue weighted by Gasteiger charge is -2.11. The Morgan fingerprint density at radius 3 is 2.82 bits per heavy atom. The first kappa shape index (κ1) is 14.0. The Morgan fingerprint density at radius 1 is 1.47 bits per heavy atom. The van der Waals surface area contributed by atoms with Crippen LogP contribution in [-0.4, -0.2) is 30.9 Å². The molecule has 0 radical (unpaired) electrons. The van der Waals surface area contributed by atoms with Crippen molar-refractivity contribution in [1.29, 1.82) is 0 Å². The molecule has 0 saturated carbocycles. The molecule has 1 atom stereocenters. The molecule has 0 fully saturated rings. The number of aryl methyl sites for hydroxylation is 1. The van der Waals surface area contributed by atoms with Gasteiger partial charge in [-0.15, -0.1) is 0 Å². The number of rotatable bonds is 7. The maximum Gasteiger partial charge on any atom is 0.122 e. The summed E-state index contributed by atoms with van der Waals surface area (Å²) in [6.45, 7) is 6.22. The highest BCUT2D eigenvalue weighted by Gasteiger charge is 2.02. The normalized spacial score (nSPS) is 12.5. The van der Waals surface area contributed by atoms with Crippen molar-refractivity contribution in [1.82, 2.24) is 5.32 Å². The maximum absolute atomic E-state index is 9.30. The minimum atomic E-state index is -0.473. The molecule has 1 aromatic rings. The zero-order valence-corrected chi connectivity index (χ0v) is 10.6. The molecular weight excluding hydrogens is 216 g/mol. The third kappa shape index (κ3) is 4.73. The number of hydrogen-bond acceptors (Lipinski definition) is 4. The summed E-state index contributed by atoms with van der Waals surface area (Å²) < 4.78 is 5.47. The number of hydrogen-bond donors (Lipinski definition) is 3. The van der Waals surface area contributed by atoms with E-state index in [9.17, 15) is 5.11 Å². The molecule has 96 valence electrons. The average Bonchev–Trinajstić information content (AvgIpc) is 2.32. The summed E-state index contributed by atoms with van der Waals surface area (Å²) in [5, 5.41) is 12.5. The van der Waals surface area contributed by atoms with Gasteiger partial charge in [0.25, 0.3) is 0 Å². The molecule has 0 bridgehead atoms. The van der Waals surface area contributed by atoms with Gasteiger partial charge in [0.1, 0.15) is 5.75 Å². The SMILES string of the molecule is CCOc1ccc(CNCC(O)CN)cc1C. The molecule has 0 aliphatic heterocycles. The minimum Gasteiger partial charge on any atom is -0.494 e. The number of ether oxygens (including phenoxy) is 1. The summed E-state index contributed by atoms with van der Waals surface area (Å²) in [4.78, 5) is 0. The Balaban J connectivity index is 2.47. The third-order valence-electron chi connectivity index (χ3n) is 2.52. The average molecular weight is 238 g/mol. The van der Waals surface area contributed by atoms with Crippen molar-refractivity contribution >= 4 is 0 Å². The van der Waals surface area contributed by atoms with E-state index in [1.807, 2.05) is 26.0 Å². The van der Waals surface area contributed by atoms with E-state index in [-0.39, 0.29) is 6.54 Å². The van der Waals surface area contributed by atoms with Crippen molar-refractivity contribution in [2.24, 2.45) is 5.73 Å². The monoisotopic (exact) mass is 238 g/mol. The predicted octanol–water partition coefficient (Wildman–Crippen LogP) is 0.803. The maximum atomic E-state index is 9.30. The van der Waals surface area contributed by atoms with E-state index >= 15 is 0 Å². The molecular formula is C13H22N2O2. The van der Waals surface area contributed by atoms with Gasteiger partial charge in [0.15, 0.2) is 0 Å². The van der Waals surface area contributed by atoms with Crippen LogP contribution in [0.1, 0.15) is 18.1 Å². The summed E-state index contributed by atoms with van der Waals surface area (Å²) in [7, 11) is 0. The van der Waals surface area contributed by atoms with Crippen molar-refractivity contribution in [3.05, 3.63) is 29.3 Å². The van der Waals surface area contributed by atoms with E-state index in [1.165, 1.54) is 5.56 Å². The van der Waals surface area contributed by atoms with Gasteiger partial charge in [0.05, 0.1) is 12.7 Å². The third-order valence-corrected chi connectivity index (χ3v) is 2.52. The summed E-state index contributed by atoms with van der Waals surface area (Å²) in [5.74, 6) is 0.929. The molecule has 0 heterocycles. The van der Waals surface area contributed by atoms with Crippen LogP contribution in [0.3, 0.4) is 0 Å². The molecule has 0 aliphatic rings. The van der Waals surface area contributed by atoms with Crippen molar-refractivity contribution < 1.29 is 9.84 Å². The van der Waals surface area contributed by atoms with E-state index < -0.39 is 6.10 Å². The lowest BCUT2D eigenvalue weighted by atomic mass is 10.1. The first-order chi connectivity index (χ1) is 8.17. The number of benzene rings is 1. The van der Waals surface area contributed by atoms with Crippen LogP contribution in [0.2, 0.25) is 0 Å². The van der Waals surface area contributed by atoms with Gasteiger partial charge in [-0.2, -0.15) is 0 Å². The van der Waals surface area contributed by atoms with Crippen LogP contribution in [0.15, 0.2) is 18.2 Å². The molecule has 1 unspecified atom stereocenters. The first-order valence-corrected chi connectivity index (χ1v) is 5.98. The van der Waals surface area contributed by atoms with Crippen LogP contribution < -0.4 is 15.8 Å². The Labute approximate surface area is 103 Å². The molecule has 0 amide bonds. The van der Waals surface area contributed by atoms with Crippen molar-refractivity contribution in [3.8, 4) is 5.75 Å². The Bertz CT molecular complexity index is 342. The quantitative estimate of drug-likeness (QED) is 0.657. The largest absolute Gasteiger partial charge is 0.494 e. The Morgan fingerprint density at radius 2 is 2.24 bits per heavy atom. The van der Waals surface area contributed by atoms with E-state index in [0.29, 0.717) is 13.2 Å². The first-order valence-electron chi connectivity index (χ1n) is 5.98. The molecule has 4 heteroatoms. The summed E-state index contributed by atoms with van der Waals surface area (Å²) in [6, 6.07) is 6.10. The fourth-order valence-electron chi connectivity index (χ4n) is 1.61. The molecule has 0 saturated heterocycles. The van der Waals surface area contributed by atoms with Crippen molar-refractivity contribution in [2.45, 2.75) is 26.5 Å². The standard InChI is InChI=1S/C13H22N2O2/c1-3-17-13-5-4-11(6-10(13)2)8-15-9-12(16)7-14/h4-6,12,15-16H,3,7-9,14H2,1-2H3. The van der Waals surface area contributed by atoms with E-state index in [1.54, 1.807) is 0 Å².